The predicted octanol–water partition coefficient (Wildman–Crippen LogP) is 2.82. The summed E-state index contributed by atoms with van der Waals surface area (Å²) in [5, 5.41) is 17.7. The van der Waals surface area contributed by atoms with E-state index in [-0.39, 0.29) is 29.9 Å². The number of hydrogen-bond donors (Lipinski definition) is 1. The second-order valence-corrected chi connectivity index (χ2v) is 6.71. The molecule has 0 saturated heterocycles. The summed E-state index contributed by atoms with van der Waals surface area (Å²) in [5.41, 5.74) is 2.22. The van der Waals surface area contributed by atoms with Crippen LogP contribution in [-0.2, 0) is 4.79 Å². The number of carbonyl (C=O) groups is 1. The minimum absolute atomic E-state index is 0.0145. The molecule has 0 bridgehead atoms. The molecule has 10 heteroatoms. The van der Waals surface area contributed by atoms with E-state index < -0.39 is 4.92 Å². The topological polar surface area (TPSA) is 115 Å². The van der Waals surface area contributed by atoms with Gasteiger partial charge in [-0.3, -0.25) is 19.8 Å². The Morgan fingerprint density at radius 1 is 1.30 bits per heavy atom. The summed E-state index contributed by atoms with van der Waals surface area (Å²) in [6.45, 7) is 2.14. The van der Waals surface area contributed by atoms with Crippen LogP contribution in [0, 0.1) is 10.1 Å². The largest absolute Gasteiger partial charge is 0.494 e. The van der Waals surface area contributed by atoms with Crippen molar-refractivity contribution in [1.29, 1.82) is 0 Å². The first-order valence-corrected chi connectivity index (χ1v) is 9.16. The predicted molar refractivity (Wildman–Crippen MR) is 111 cm³/mol. The zero-order valence-electron chi connectivity index (χ0n) is 16.8. The molecule has 3 aromatic rings. The second kappa shape index (κ2) is 9.14. The van der Waals surface area contributed by atoms with E-state index in [1.807, 2.05) is 43.1 Å². The number of benzene rings is 2. The average molecular weight is 410 g/mol. The summed E-state index contributed by atoms with van der Waals surface area (Å²) in [6.07, 6.45) is 3.10. The summed E-state index contributed by atoms with van der Waals surface area (Å²) in [6, 6.07) is 11.9. The minimum Gasteiger partial charge on any atom is -0.494 e. The third kappa shape index (κ3) is 4.78. The number of hydrogen-bond acceptors (Lipinski definition) is 7. The van der Waals surface area contributed by atoms with E-state index in [9.17, 15) is 14.9 Å². The molecule has 1 amide bonds. The molecule has 0 saturated carbocycles. The summed E-state index contributed by atoms with van der Waals surface area (Å²) in [5.74, 6) is -0.0207. The van der Waals surface area contributed by atoms with E-state index in [0.717, 1.165) is 11.3 Å². The zero-order valence-corrected chi connectivity index (χ0v) is 16.8. The molecule has 3 rings (SSSR count). The molecule has 1 unspecified atom stereocenters. The Bertz CT molecular complexity index is 1020. The first-order valence-electron chi connectivity index (χ1n) is 9.16. The van der Waals surface area contributed by atoms with Gasteiger partial charge < -0.3 is 10.1 Å². The monoisotopic (exact) mass is 410 g/mol. The molecular formula is C20H22N6O4. The van der Waals surface area contributed by atoms with Crippen molar-refractivity contribution in [1.82, 2.24) is 19.7 Å². The Balaban J connectivity index is 1.63. The van der Waals surface area contributed by atoms with Crippen molar-refractivity contribution < 1.29 is 14.5 Å². The van der Waals surface area contributed by atoms with Gasteiger partial charge in [0.25, 0.3) is 5.69 Å². The Morgan fingerprint density at radius 3 is 2.63 bits per heavy atom. The van der Waals surface area contributed by atoms with Crippen LogP contribution in [0.5, 0.6) is 5.75 Å². The first-order chi connectivity index (χ1) is 14.4. The Labute approximate surface area is 173 Å². The van der Waals surface area contributed by atoms with Crippen LogP contribution >= 0.6 is 0 Å². The number of likely N-dealkylation sites (N-methyl/N-ethyl adjacent to an activating group) is 1. The third-order valence-electron chi connectivity index (χ3n) is 4.78. The fraction of sp³-hybridized carbons (Fsp3) is 0.250. The van der Waals surface area contributed by atoms with Crippen LogP contribution in [0.1, 0.15) is 18.5 Å². The molecule has 1 N–H and O–H groups in total. The highest BCUT2D eigenvalue weighted by atomic mass is 16.6. The Hall–Kier alpha value is -3.79. The van der Waals surface area contributed by atoms with Crippen molar-refractivity contribution in [3.63, 3.8) is 0 Å². The minimum atomic E-state index is -0.516. The lowest BCUT2D eigenvalue weighted by molar-refractivity contribution is -0.384. The molecule has 2 aromatic carbocycles. The summed E-state index contributed by atoms with van der Waals surface area (Å²) in [7, 11) is 3.24. The Morgan fingerprint density at radius 2 is 2.03 bits per heavy atom. The molecule has 1 atom stereocenters. The van der Waals surface area contributed by atoms with Crippen molar-refractivity contribution in [2.75, 3.05) is 26.0 Å². The fourth-order valence-electron chi connectivity index (χ4n) is 2.95. The van der Waals surface area contributed by atoms with Crippen LogP contribution in [0.3, 0.4) is 0 Å². The summed E-state index contributed by atoms with van der Waals surface area (Å²) in [4.78, 5) is 28.7. The van der Waals surface area contributed by atoms with E-state index in [1.165, 1.54) is 31.6 Å². The maximum atomic E-state index is 12.5. The third-order valence-corrected chi connectivity index (χ3v) is 4.78. The molecule has 0 fully saturated rings. The molecule has 0 aliphatic carbocycles. The number of non-ortho nitro benzene ring substituents is 1. The van der Waals surface area contributed by atoms with Gasteiger partial charge >= 0.3 is 0 Å². The van der Waals surface area contributed by atoms with Crippen molar-refractivity contribution in [3.05, 3.63) is 70.8 Å². The van der Waals surface area contributed by atoms with Crippen molar-refractivity contribution in [2.45, 2.75) is 13.0 Å². The number of nitrogens with zero attached hydrogens (tertiary/aromatic N) is 5. The molecule has 10 nitrogen and oxygen atoms in total. The quantitative estimate of drug-likeness (QED) is 0.448. The Kier molecular flexibility index (Phi) is 6.38. The number of aromatic nitrogens is 3. The van der Waals surface area contributed by atoms with Gasteiger partial charge in [0.15, 0.2) is 0 Å². The molecule has 0 radical (unpaired) electrons. The van der Waals surface area contributed by atoms with Crippen molar-refractivity contribution >= 4 is 17.3 Å². The van der Waals surface area contributed by atoms with Gasteiger partial charge in [-0.2, -0.15) is 5.10 Å². The van der Waals surface area contributed by atoms with E-state index in [0.29, 0.717) is 5.69 Å². The van der Waals surface area contributed by atoms with Gasteiger partial charge in [-0.05, 0) is 37.7 Å². The van der Waals surface area contributed by atoms with Crippen LogP contribution in [0.25, 0.3) is 5.69 Å². The highest BCUT2D eigenvalue weighted by Crippen LogP contribution is 2.29. The maximum absolute atomic E-state index is 12.5. The van der Waals surface area contributed by atoms with Gasteiger partial charge in [0.05, 0.1) is 36.0 Å². The average Bonchev–Trinajstić information content (AvgIpc) is 3.28. The molecule has 156 valence electrons. The van der Waals surface area contributed by atoms with Gasteiger partial charge in [0.2, 0.25) is 5.91 Å². The van der Waals surface area contributed by atoms with Crippen LogP contribution in [0.2, 0.25) is 0 Å². The number of anilines is 1. The molecular weight excluding hydrogens is 388 g/mol. The lowest BCUT2D eigenvalue weighted by atomic mass is 10.1. The van der Waals surface area contributed by atoms with E-state index in [4.69, 9.17) is 4.74 Å². The van der Waals surface area contributed by atoms with Gasteiger partial charge in [0.1, 0.15) is 18.4 Å². The van der Waals surface area contributed by atoms with Crippen LogP contribution < -0.4 is 10.1 Å². The van der Waals surface area contributed by atoms with Crippen molar-refractivity contribution in [3.8, 4) is 11.4 Å². The second-order valence-electron chi connectivity index (χ2n) is 6.71. The molecule has 0 aliphatic heterocycles. The van der Waals surface area contributed by atoms with Gasteiger partial charge in [-0.15, -0.1) is 0 Å². The number of rotatable bonds is 8. The number of nitrogens with one attached hydrogen (secondary N) is 1. The normalized spacial score (nSPS) is 11.9. The maximum Gasteiger partial charge on any atom is 0.273 e. The smallest absolute Gasteiger partial charge is 0.273 e. The number of ether oxygens (including phenoxy) is 1. The lowest BCUT2D eigenvalue weighted by Gasteiger charge is -2.24. The molecule has 0 aliphatic rings. The molecule has 1 aromatic heterocycles. The highest BCUT2D eigenvalue weighted by Gasteiger charge is 2.17. The molecule has 1 heterocycles. The standard InChI is InChI=1S/C20H22N6O4/c1-14(15-4-6-16(7-5-15)25-13-21-12-22-25)24(2)11-20(27)23-18-9-8-17(26(28)29)10-19(18)30-3/h4-10,12-14H,11H2,1-3H3,(H,23,27). The van der Waals surface area contributed by atoms with Crippen LogP contribution in [0.4, 0.5) is 11.4 Å². The fourth-order valence-corrected chi connectivity index (χ4v) is 2.95. The van der Waals surface area contributed by atoms with Crippen molar-refractivity contribution in [2.24, 2.45) is 0 Å². The number of nitro groups is 1. The lowest BCUT2D eigenvalue weighted by Crippen LogP contribution is -2.32. The number of carbonyl (C=O) groups excluding carboxylic acids is 1. The molecule has 30 heavy (non-hydrogen) atoms. The first kappa shape index (κ1) is 20.9. The van der Waals surface area contributed by atoms with Crippen LogP contribution in [0.15, 0.2) is 55.1 Å². The number of amides is 1. The van der Waals surface area contributed by atoms with E-state index >= 15 is 0 Å². The summed E-state index contributed by atoms with van der Waals surface area (Å²) >= 11 is 0. The molecule has 0 spiro atoms. The SMILES string of the molecule is COc1cc([N+](=O)[O-])ccc1NC(=O)CN(C)C(C)c1ccc(-n2cncn2)cc1. The van der Waals surface area contributed by atoms with Crippen LogP contribution in [-0.4, -0.2) is 51.2 Å². The zero-order chi connectivity index (χ0) is 21.7. The highest BCUT2D eigenvalue weighted by molar-refractivity contribution is 5.93. The van der Waals surface area contributed by atoms with Gasteiger partial charge in [-0.1, -0.05) is 12.1 Å². The number of methoxy groups -OCH3 is 1. The van der Waals surface area contributed by atoms with E-state index in [2.05, 4.69) is 15.4 Å². The van der Waals surface area contributed by atoms with Gasteiger partial charge in [0, 0.05) is 12.1 Å². The number of nitro benzene ring substituents is 1. The summed E-state index contributed by atoms with van der Waals surface area (Å²) < 4.78 is 6.83. The van der Waals surface area contributed by atoms with E-state index in [1.54, 1.807) is 11.0 Å². The van der Waals surface area contributed by atoms with Gasteiger partial charge in [-0.25, -0.2) is 9.67 Å².